The third-order valence-corrected chi connectivity index (χ3v) is 3.82. The molecule has 0 aromatic carbocycles. The van der Waals surface area contributed by atoms with Crippen molar-refractivity contribution in [3.63, 3.8) is 0 Å². The number of hydrazine groups is 1. The van der Waals surface area contributed by atoms with Crippen molar-refractivity contribution in [3.8, 4) is 0 Å². The van der Waals surface area contributed by atoms with Crippen LogP contribution in [0.15, 0.2) is 18.3 Å². The Balaban J connectivity index is 2.00. The maximum absolute atomic E-state index is 5.69. The molecule has 94 valence electrons. The van der Waals surface area contributed by atoms with Crippen LogP contribution in [0.4, 0.5) is 5.82 Å². The number of anilines is 1. The van der Waals surface area contributed by atoms with Gasteiger partial charge in [0.05, 0.1) is 0 Å². The monoisotopic (exact) mass is 234 g/mol. The fourth-order valence-electron chi connectivity index (χ4n) is 2.85. The molecule has 0 amide bonds. The van der Waals surface area contributed by atoms with Gasteiger partial charge in [0.2, 0.25) is 0 Å². The lowest BCUT2D eigenvalue weighted by Crippen LogP contribution is -2.41. The Morgan fingerprint density at radius 2 is 2.35 bits per heavy atom. The zero-order chi connectivity index (χ0) is 12.3. The van der Waals surface area contributed by atoms with E-state index < -0.39 is 0 Å². The van der Waals surface area contributed by atoms with E-state index in [1.54, 1.807) is 6.20 Å². The van der Waals surface area contributed by atoms with Crippen LogP contribution in [-0.4, -0.2) is 11.0 Å². The topological polar surface area (TPSA) is 77.0 Å². The van der Waals surface area contributed by atoms with E-state index in [1.165, 1.54) is 24.8 Å². The van der Waals surface area contributed by atoms with Gasteiger partial charge in [-0.15, -0.1) is 0 Å². The number of hydrogen-bond donors (Lipinski definition) is 3. The number of hydrogen-bond acceptors (Lipinski definition) is 4. The number of nitrogen functional groups attached to an aromatic ring is 1. The van der Waals surface area contributed by atoms with Gasteiger partial charge in [-0.1, -0.05) is 13.3 Å². The van der Waals surface area contributed by atoms with Gasteiger partial charge in [0.15, 0.2) is 0 Å². The molecule has 1 aromatic heterocycles. The van der Waals surface area contributed by atoms with Crippen LogP contribution in [0, 0.1) is 11.8 Å². The van der Waals surface area contributed by atoms with Crippen LogP contribution >= 0.6 is 0 Å². The zero-order valence-corrected chi connectivity index (χ0v) is 10.4. The molecule has 0 spiro atoms. The molecular formula is C13H22N4. The fourth-order valence-corrected chi connectivity index (χ4v) is 2.85. The second-order valence-corrected chi connectivity index (χ2v) is 5.24. The first-order valence-electron chi connectivity index (χ1n) is 6.35. The molecule has 3 atom stereocenters. The predicted molar refractivity (Wildman–Crippen MR) is 70.0 cm³/mol. The Morgan fingerprint density at radius 1 is 1.53 bits per heavy atom. The first kappa shape index (κ1) is 12.3. The minimum atomic E-state index is 0.349. The van der Waals surface area contributed by atoms with Crippen LogP contribution in [-0.2, 0) is 6.42 Å². The zero-order valence-electron chi connectivity index (χ0n) is 10.4. The first-order chi connectivity index (χ1) is 8.19. The molecule has 4 heteroatoms. The molecule has 17 heavy (non-hydrogen) atoms. The molecule has 1 aromatic rings. The molecule has 1 saturated carbocycles. The van der Waals surface area contributed by atoms with E-state index >= 15 is 0 Å². The van der Waals surface area contributed by atoms with Crippen LogP contribution < -0.4 is 17.0 Å². The molecule has 0 saturated heterocycles. The quantitative estimate of drug-likeness (QED) is 0.544. The number of nitrogens with one attached hydrogen (secondary N) is 1. The number of nitrogens with zero attached hydrogens (tertiary/aromatic N) is 1. The second-order valence-electron chi connectivity index (χ2n) is 5.24. The summed E-state index contributed by atoms with van der Waals surface area (Å²) in [4.78, 5) is 4.01. The van der Waals surface area contributed by atoms with Gasteiger partial charge >= 0.3 is 0 Å². The lowest BCUT2D eigenvalue weighted by Gasteiger charge is -2.23. The molecule has 5 N–H and O–H groups in total. The highest BCUT2D eigenvalue weighted by Gasteiger charge is 2.28. The molecule has 2 rings (SSSR count). The van der Waals surface area contributed by atoms with E-state index in [0.29, 0.717) is 17.8 Å². The smallest absolute Gasteiger partial charge is 0.123 e. The molecule has 0 radical (unpaired) electrons. The third-order valence-electron chi connectivity index (χ3n) is 3.82. The second kappa shape index (κ2) is 5.47. The van der Waals surface area contributed by atoms with Crippen molar-refractivity contribution in [2.45, 2.75) is 38.6 Å². The highest BCUT2D eigenvalue weighted by Crippen LogP contribution is 2.33. The van der Waals surface area contributed by atoms with E-state index in [0.717, 1.165) is 12.3 Å². The van der Waals surface area contributed by atoms with Crippen LogP contribution in [0.1, 0.15) is 31.7 Å². The molecule has 1 aliphatic rings. The van der Waals surface area contributed by atoms with E-state index in [9.17, 15) is 0 Å². The van der Waals surface area contributed by atoms with Crippen molar-refractivity contribution in [2.75, 3.05) is 5.73 Å². The number of pyridine rings is 1. The van der Waals surface area contributed by atoms with Gasteiger partial charge < -0.3 is 5.73 Å². The molecule has 1 aliphatic carbocycles. The van der Waals surface area contributed by atoms with Gasteiger partial charge in [-0.2, -0.15) is 0 Å². The Morgan fingerprint density at radius 3 is 2.94 bits per heavy atom. The van der Waals surface area contributed by atoms with Crippen molar-refractivity contribution in [3.05, 3.63) is 23.9 Å². The maximum Gasteiger partial charge on any atom is 0.123 e. The van der Waals surface area contributed by atoms with Gasteiger partial charge in [0, 0.05) is 12.2 Å². The van der Waals surface area contributed by atoms with Gasteiger partial charge in [-0.25, -0.2) is 4.98 Å². The van der Waals surface area contributed by atoms with Crippen LogP contribution in [0.3, 0.4) is 0 Å². The lowest BCUT2D eigenvalue weighted by atomic mass is 9.92. The van der Waals surface area contributed by atoms with Gasteiger partial charge in [0.25, 0.3) is 0 Å². The van der Waals surface area contributed by atoms with Crippen molar-refractivity contribution in [1.82, 2.24) is 10.4 Å². The molecule has 4 nitrogen and oxygen atoms in total. The summed E-state index contributed by atoms with van der Waals surface area (Å²) in [6.45, 7) is 2.32. The Bertz CT molecular complexity index is 366. The largest absolute Gasteiger partial charge is 0.384 e. The average Bonchev–Trinajstić information content (AvgIpc) is 2.73. The fraction of sp³-hybridized carbons (Fsp3) is 0.615. The SMILES string of the molecule is CC1CCC(C(Cc2ccnc(N)c2)NN)C1. The number of aromatic nitrogens is 1. The summed E-state index contributed by atoms with van der Waals surface area (Å²) in [7, 11) is 0. The Kier molecular flexibility index (Phi) is 3.97. The summed E-state index contributed by atoms with van der Waals surface area (Å²) in [6, 6.07) is 4.30. The number of nitrogens with two attached hydrogens (primary N) is 2. The number of rotatable bonds is 4. The van der Waals surface area contributed by atoms with Crippen molar-refractivity contribution in [2.24, 2.45) is 17.7 Å². The maximum atomic E-state index is 5.69. The van der Waals surface area contributed by atoms with E-state index in [1.807, 2.05) is 12.1 Å². The van der Waals surface area contributed by atoms with Crippen LogP contribution in [0.25, 0.3) is 0 Å². The molecule has 3 unspecified atom stereocenters. The van der Waals surface area contributed by atoms with Gasteiger partial charge in [-0.05, 0) is 48.8 Å². The summed E-state index contributed by atoms with van der Waals surface area (Å²) in [5.41, 5.74) is 9.87. The summed E-state index contributed by atoms with van der Waals surface area (Å²) in [6.07, 6.45) is 6.56. The highest BCUT2D eigenvalue weighted by atomic mass is 15.2. The van der Waals surface area contributed by atoms with Crippen LogP contribution in [0.5, 0.6) is 0 Å². The van der Waals surface area contributed by atoms with E-state index in [2.05, 4.69) is 17.3 Å². The average molecular weight is 234 g/mol. The predicted octanol–water partition coefficient (Wildman–Crippen LogP) is 1.47. The molecule has 0 aliphatic heterocycles. The van der Waals surface area contributed by atoms with Crippen LogP contribution in [0.2, 0.25) is 0 Å². The van der Waals surface area contributed by atoms with E-state index in [4.69, 9.17) is 11.6 Å². The Hall–Kier alpha value is -1.13. The molecule has 1 heterocycles. The summed E-state index contributed by atoms with van der Waals surface area (Å²) in [5, 5.41) is 0. The third kappa shape index (κ3) is 3.17. The minimum Gasteiger partial charge on any atom is -0.384 e. The summed E-state index contributed by atoms with van der Waals surface area (Å²) >= 11 is 0. The van der Waals surface area contributed by atoms with Gasteiger partial charge in [-0.3, -0.25) is 11.3 Å². The first-order valence-corrected chi connectivity index (χ1v) is 6.35. The van der Waals surface area contributed by atoms with E-state index in [-0.39, 0.29) is 0 Å². The summed E-state index contributed by atoms with van der Waals surface area (Å²) < 4.78 is 0. The molecular weight excluding hydrogens is 212 g/mol. The van der Waals surface area contributed by atoms with Crippen molar-refractivity contribution in [1.29, 1.82) is 0 Å². The van der Waals surface area contributed by atoms with Crippen molar-refractivity contribution < 1.29 is 0 Å². The standard InChI is InChI=1S/C13H22N4/c1-9-2-3-11(6-9)12(17-15)7-10-4-5-16-13(14)8-10/h4-5,8-9,11-12,17H,2-3,6-7,15H2,1H3,(H2,14,16). The highest BCUT2D eigenvalue weighted by molar-refractivity contribution is 5.32. The molecule has 0 bridgehead atoms. The molecule has 1 fully saturated rings. The van der Waals surface area contributed by atoms with Gasteiger partial charge in [0.1, 0.15) is 5.82 Å². The normalized spacial score (nSPS) is 26.0. The lowest BCUT2D eigenvalue weighted by molar-refractivity contribution is 0.353. The Labute approximate surface area is 103 Å². The van der Waals surface area contributed by atoms with Crippen molar-refractivity contribution >= 4 is 5.82 Å². The summed E-state index contributed by atoms with van der Waals surface area (Å²) in [5.74, 6) is 7.79. The minimum absolute atomic E-state index is 0.349.